The minimum Gasteiger partial charge on any atom is -0.305 e. The maximum atomic E-state index is 11.2. The topological polar surface area (TPSA) is 115 Å². The summed E-state index contributed by atoms with van der Waals surface area (Å²) in [7, 11) is 1.61. The van der Waals surface area contributed by atoms with Crippen LogP contribution in [0.25, 0.3) is 11.0 Å². The molecule has 0 unspecified atom stereocenters. The highest BCUT2D eigenvalue weighted by Crippen LogP contribution is 2.09. The lowest BCUT2D eigenvalue weighted by Crippen LogP contribution is -2.15. The molecule has 0 saturated heterocycles. The molecule has 8 nitrogen and oxygen atoms in total. The number of rotatable bonds is 1. The molecule has 2 rings (SSSR count). The molecule has 0 bridgehead atoms. The van der Waals surface area contributed by atoms with Crippen LogP contribution in [-0.4, -0.2) is 25.2 Å². The van der Waals surface area contributed by atoms with Crippen LogP contribution in [0.1, 0.15) is 0 Å². The summed E-state index contributed by atoms with van der Waals surface area (Å²) in [5.41, 5.74) is 2.50. The molecule has 0 amide bonds. The van der Waals surface area contributed by atoms with Crippen molar-refractivity contribution >= 4 is 16.9 Å². The number of aromatic nitrogens is 5. The lowest BCUT2D eigenvalue weighted by molar-refractivity contribution is 0.665. The molecule has 8 heteroatoms. The Kier molecular flexibility index (Phi) is 1.49. The Morgan fingerprint density at radius 1 is 1.46 bits per heavy atom. The molecule has 2 aromatic rings. The van der Waals surface area contributed by atoms with Crippen LogP contribution in [-0.2, 0) is 7.05 Å². The van der Waals surface area contributed by atoms with E-state index in [1.54, 1.807) is 7.05 Å². The second kappa shape index (κ2) is 2.52. The molecule has 0 aliphatic heterocycles. The van der Waals surface area contributed by atoms with E-state index < -0.39 is 0 Å². The number of hydrogen-bond donors (Lipinski definition) is 3. The molecule has 68 valence electrons. The van der Waals surface area contributed by atoms with Crippen LogP contribution in [0, 0.1) is 0 Å². The molecule has 0 fully saturated rings. The van der Waals surface area contributed by atoms with Crippen LogP contribution >= 0.6 is 0 Å². The monoisotopic (exact) mass is 181 g/mol. The first-order valence-corrected chi connectivity index (χ1v) is 3.48. The predicted octanol–water partition coefficient (Wildman–Crippen LogP) is -1.66. The van der Waals surface area contributed by atoms with Gasteiger partial charge in [0.15, 0.2) is 16.9 Å². The molecule has 0 spiro atoms. The highest BCUT2D eigenvalue weighted by Gasteiger charge is 2.10. The van der Waals surface area contributed by atoms with Crippen LogP contribution < -0.4 is 16.8 Å². The summed E-state index contributed by atoms with van der Waals surface area (Å²) in [5.74, 6) is 5.46. The van der Waals surface area contributed by atoms with Gasteiger partial charge in [0.05, 0.1) is 0 Å². The molecular formula is C5H7N7O. The maximum absolute atomic E-state index is 11.2. The van der Waals surface area contributed by atoms with Crippen molar-refractivity contribution in [1.29, 1.82) is 0 Å². The third kappa shape index (κ3) is 1.04. The van der Waals surface area contributed by atoms with E-state index in [0.717, 1.165) is 0 Å². The number of hydrogen-bond acceptors (Lipinski definition) is 6. The van der Waals surface area contributed by atoms with Gasteiger partial charge in [-0.15, -0.1) is 10.2 Å². The SMILES string of the molecule is Cn1nc2c(NN)n[nH]c(=O)c2n1. The first kappa shape index (κ1) is 7.68. The Morgan fingerprint density at radius 3 is 2.85 bits per heavy atom. The zero-order valence-corrected chi connectivity index (χ0v) is 6.77. The number of fused-ring (bicyclic) bond motifs is 1. The molecule has 0 saturated carbocycles. The zero-order valence-electron chi connectivity index (χ0n) is 6.77. The Balaban J connectivity index is 2.92. The van der Waals surface area contributed by atoms with Gasteiger partial charge in [0, 0.05) is 7.05 Å². The van der Waals surface area contributed by atoms with Crippen LogP contribution in [0.2, 0.25) is 0 Å². The summed E-state index contributed by atoms with van der Waals surface area (Å²) in [6, 6.07) is 0. The van der Waals surface area contributed by atoms with Gasteiger partial charge >= 0.3 is 0 Å². The smallest absolute Gasteiger partial charge is 0.294 e. The summed E-state index contributed by atoms with van der Waals surface area (Å²) in [6.45, 7) is 0. The fourth-order valence-electron chi connectivity index (χ4n) is 1.03. The average molecular weight is 181 g/mol. The third-order valence-corrected chi connectivity index (χ3v) is 1.56. The largest absolute Gasteiger partial charge is 0.305 e. The molecule has 13 heavy (non-hydrogen) atoms. The molecule has 0 aromatic carbocycles. The van der Waals surface area contributed by atoms with Crippen molar-refractivity contribution in [3.05, 3.63) is 10.4 Å². The minimum atomic E-state index is -0.387. The van der Waals surface area contributed by atoms with Gasteiger partial charge in [-0.1, -0.05) is 0 Å². The number of nitrogens with two attached hydrogens (primary N) is 1. The van der Waals surface area contributed by atoms with Crippen LogP contribution in [0.3, 0.4) is 0 Å². The minimum absolute atomic E-state index is 0.213. The molecule has 0 radical (unpaired) electrons. The number of aromatic amines is 1. The van der Waals surface area contributed by atoms with Crippen LogP contribution in [0.4, 0.5) is 5.82 Å². The molecule has 0 aliphatic carbocycles. The van der Waals surface area contributed by atoms with Gasteiger partial charge in [-0.3, -0.25) is 4.79 Å². The Bertz CT molecular complexity index is 497. The summed E-state index contributed by atoms with van der Waals surface area (Å²) in [4.78, 5) is 12.4. The molecular weight excluding hydrogens is 174 g/mol. The first-order valence-electron chi connectivity index (χ1n) is 3.48. The van der Waals surface area contributed by atoms with Gasteiger partial charge in [-0.25, -0.2) is 10.9 Å². The summed E-state index contributed by atoms with van der Waals surface area (Å²) < 4.78 is 0. The number of nitrogens with one attached hydrogen (secondary N) is 2. The van der Waals surface area contributed by atoms with E-state index in [0.29, 0.717) is 11.3 Å². The van der Waals surface area contributed by atoms with E-state index in [-0.39, 0.29) is 11.1 Å². The lowest BCUT2D eigenvalue weighted by Gasteiger charge is -1.95. The van der Waals surface area contributed by atoms with Gasteiger partial charge in [0.25, 0.3) is 5.56 Å². The van der Waals surface area contributed by atoms with E-state index in [2.05, 4.69) is 25.8 Å². The van der Waals surface area contributed by atoms with Crippen molar-refractivity contribution in [3.8, 4) is 0 Å². The van der Waals surface area contributed by atoms with Gasteiger partial charge in [0.1, 0.15) is 0 Å². The fraction of sp³-hybridized carbons (Fsp3) is 0.200. The van der Waals surface area contributed by atoms with Crippen molar-refractivity contribution < 1.29 is 0 Å². The van der Waals surface area contributed by atoms with E-state index >= 15 is 0 Å². The van der Waals surface area contributed by atoms with Crippen molar-refractivity contribution in [1.82, 2.24) is 25.2 Å². The number of nitrogen functional groups attached to an aromatic ring is 1. The predicted molar refractivity (Wildman–Crippen MR) is 44.7 cm³/mol. The highest BCUT2D eigenvalue weighted by atomic mass is 16.1. The number of aryl methyl sites for hydroxylation is 1. The summed E-state index contributed by atoms with van der Waals surface area (Å²) in [5, 5.41) is 13.7. The Hall–Kier alpha value is -1.96. The van der Waals surface area contributed by atoms with Gasteiger partial charge in [-0.05, 0) is 0 Å². The van der Waals surface area contributed by atoms with Crippen molar-refractivity contribution in [2.45, 2.75) is 0 Å². The maximum Gasteiger partial charge on any atom is 0.294 e. The standard InChI is InChI=1S/C5H7N7O/c1-12-10-2-3(11-12)5(13)9-8-4(2)7-6/h6H2,1H3,(H,7,8)(H,9,13). The third-order valence-electron chi connectivity index (χ3n) is 1.56. The molecule has 0 aliphatic rings. The fourth-order valence-corrected chi connectivity index (χ4v) is 1.03. The number of H-pyrrole nitrogens is 1. The summed E-state index contributed by atoms with van der Waals surface area (Å²) >= 11 is 0. The van der Waals surface area contributed by atoms with E-state index in [1.165, 1.54) is 4.80 Å². The van der Waals surface area contributed by atoms with Gasteiger partial charge < -0.3 is 5.43 Å². The molecule has 4 N–H and O–H groups in total. The quantitative estimate of drug-likeness (QED) is 0.358. The first-order chi connectivity index (χ1) is 6.22. The molecule has 0 atom stereocenters. The van der Waals surface area contributed by atoms with Crippen LogP contribution in [0.15, 0.2) is 4.79 Å². The van der Waals surface area contributed by atoms with Crippen LogP contribution in [0.5, 0.6) is 0 Å². The number of nitrogens with zero attached hydrogens (tertiary/aromatic N) is 4. The zero-order chi connectivity index (χ0) is 9.42. The number of anilines is 1. The Labute approximate surface area is 71.7 Å². The molecule has 2 heterocycles. The second-order valence-electron chi connectivity index (χ2n) is 2.43. The van der Waals surface area contributed by atoms with Crippen molar-refractivity contribution in [3.63, 3.8) is 0 Å². The van der Waals surface area contributed by atoms with Gasteiger partial charge in [-0.2, -0.15) is 9.90 Å². The number of hydrazine groups is 1. The second-order valence-corrected chi connectivity index (χ2v) is 2.43. The summed E-state index contributed by atoms with van der Waals surface area (Å²) in [6.07, 6.45) is 0. The highest BCUT2D eigenvalue weighted by molar-refractivity contribution is 5.83. The van der Waals surface area contributed by atoms with E-state index in [4.69, 9.17) is 5.84 Å². The lowest BCUT2D eigenvalue weighted by atomic mass is 10.4. The van der Waals surface area contributed by atoms with Crippen molar-refractivity contribution in [2.75, 3.05) is 5.43 Å². The van der Waals surface area contributed by atoms with Gasteiger partial charge in [0.2, 0.25) is 0 Å². The Morgan fingerprint density at radius 2 is 2.15 bits per heavy atom. The van der Waals surface area contributed by atoms with Crippen molar-refractivity contribution in [2.24, 2.45) is 12.9 Å². The molecule has 2 aromatic heterocycles. The normalized spacial score (nSPS) is 10.6. The van der Waals surface area contributed by atoms with E-state index in [9.17, 15) is 4.79 Å². The van der Waals surface area contributed by atoms with E-state index in [1.807, 2.05) is 0 Å². The average Bonchev–Trinajstić information content (AvgIpc) is 2.48.